The van der Waals surface area contributed by atoms with Gasteiger partial charge in [-0.1, -0.05) is 0 Å². The summed E-state index contributed by atoms with van der Waals surface area (Å²) in [5.74, 6) is 0. The predicted molar refractivity (Wildman–Crippen MR) is 11.2 cm³/mol. The van der Waals surface area contributed by atoms with Crippen LogP contribution in [0.25, 0.3) is 0 Å². The van der Waals surface area contributed by atoms with E-state index in [1.807, 2.05) is 0 Å². The molecule has 0 aromatic carbocycles. The first-order chi connectivity index (χ1) is 3.00. The molecule has 5 nitrogen and oxygen atoms in total. The molecule has 0 aromatic heterocycles. The van der Waals surface area contributed by atoms with Gasteiger partial charge in [0, 0.05) is 26.9 Å². The van der Waals surface area contributed by atoms with Crippen LogP contribution in [0.4, 0.5) is 0 Å². The third-order valence-electron chi connectivity index (χ3n) is 0. The van der Waals surface area contributed by atoms with Crippen molar-refractivity contribution in [3.8, 4) is 0 Å². The molecule has 66 valence electrons. The molecule has 0 radical (unpaired) electrons. The quantitative estimate of drug-likeness (QED) is 0.308. The van der Waals surface area contributed by atoms with E-state index in [2.05, 4.69) is 15.4 Å². The maximum atomic E-state index is 8.52. The van der Waals surface area contributed by atoms with Gasteiger partial charge in [-0.2, -0.15) is 0 Å². The van der Waals surface area contributed by atoms with Crippen LogP contribution in [-0.4, -0.2) is 17.5 Å². The molecule has 0 aliphatic carbocycles. The van der Waals surface area contributed by atoms with Crippen molar-refractivity contribution in [3.05, 3.63) is 0 Å². The molecule has 0 spiro atoms. The van der Waals surface area contributed by atoms with Gasteiger partial charge in [-0.25, -0.2) is 0 Å². The Morgan fingerprint density at radius 1 is 1.11 bits per heavy atom. The van der Waals surface area contributed by atoms with Gasteiger partial charge in [0.05, 0.1) is 0 Å². The van der Waals surface area contributed by atoms with Crippen molar-refractivity contribution < 1.29 is 69.8 Å². The summed E-state index contributed by atoms with van der Waals surface area (Å²) in [5, 5.41) is 0. The van der Waals surface area contributed by atoms with Gasteiger partial charge >= 0.3 is 35.8 Å². The van der Waals surface area contributed by atoms with Gasteiger partial charge in [-0.3, -0.25) is 8.42 Å². The Bertz CT molecular complexity index is 106. The van der Waals surface area contributed by atoms with E-state index in [9.17, 15) is 0 Å². The average Bonchev–Trinajstić information content (AvgIpc) is 1.36. The van der Waals surface area contributed by atoms with Crippen LogP contribution in [0, 0.1) is 0 Å². The normalized spacial score (nSPS) is 7.11. The first-order valence-electron chi connectivity index (χ1n) is 0.796. The predicted octanol–water partition coefficient (Wildman–Crippen LogP) is -1.46. The number of rotatable bonds is 0. The molecule has 0 fully saturated rings. The monoisotopic (exact) mass is 286 g/mol. The van der Waals surface area contributed by atoms with Crippen LogP contribution in [0.5, 0.6) is 0 Å². The summed E-state index contributed by atoms with van der Waals surface area (Å²) in [6.45, 7) is 0. The molecule has 0 heterocycles. The molecule has 0 bridgehead atoms. The topological polar surface area (TPSA) is 97.3 Å². The van der Waals surface area contributed by atoms with Gasteiger partial charge in [0.2, 0.25) is 0 Å². The Kier molecular flexibility index (Phi) is 29.7. The Balaban J connectivity index is -0.0000000286. The molecular formula is Ni3O5S. The molecule has 0 rings (SSSR count). The molecule has 0 saturated heterocycles. The van der Waals surface area contributed by atoms with E-state index in [1.165, 1.54) is 0 Å². The molecule has 0 aromatic rings. The van der Waals surface area contributed by atoms with Gasteiger partial charge in [0.1, 0.15) is 0 Å². The second kappa shape index (κ2) is 11.9. The Hall–Kier alpha value is 1.15. The SMILES string of the molecule is O=S(=O)([O-])[O-].[Ni+2].[Ni].[O]=[Ni]. The third kappa shape index (κ3) is 353. The van der Waals surface area contributed by atoms with E-state index < -0.39 is 10.4 Å². The fourth-order valence-electron chi connectivity index (χ4n) is 0. The van der Waals surface area contributed by atoms with Crippen LogP contribution >= 0.6 is 0 Å². The summed E-state index contributed by atoms with van der Waals surface area (Å²) >= 11 is 2.62. The summed E-state index contributed by atoms with van der Waals surface area (Å²) < 4.78 is 42.0. The van der Waals surface area contributed by atoms with E-state index in [1.54, 1.807) is 0 Å². The van der Waals surface area contributed by atoms with Gasteiger partial charge in [-0.05, 0) is 0 Å². The Morgan fingerprint density at radius 2 is 1.11 bits per heavy atom. The molecule has 0 atom stereocenters. The molecule has 0 aliphatic rings. The average molecular weight is 288 g/mol. The minimum absolute atomic E-state index is 0. The summed E-state index contributed by atoms with van der Waals surface area (Å²) in [6, 6.07) is 0. The van der Waals surface area contributed by atoms with Crippen molar-refractivity contribution in [2.24, 2.45) is 0 Å². The van der Waals surface area contributed by atoms with Crippen LogP contribution in [0.1, 0.15) is 0 Å². The first kappa shape index (κ1) is 22.5. The van der Waals surface area contributed by atoms with E-state index in [0.29, 0.717) is 0 Å². The van der Waals surface area contributed by atoms with Crippen molar-refractivity contribution in [3.63, 3.8) is 0 Å². The number of hydrogen-bond acceptors (Lipinski definition) is 5. The van der Waals surface area contributed by atoms with Crippen molar-refractivity contribution in [2.45, 2.75) is 0 Å². The fourth-order valence-corrected chi connectivity index (χ4v) is 0. The van der Waals surface area contributed by atoms with E-state index >= 15 is 0 Å². The van der Waals surface area contributed by atoms with Crippen LogP contribution in [0.15, 0.2) is 0 Å². The third-order valence-corrected chi connectivity index (χ3v) is 0. The maximum absolute atomic E-state index is 8.52. The van der Waals surface area contributed by atoms with Gasteiger partial charge in [-0.15, -0.1) is 0 Å². The zero-order valence-corrected chi connectivity index (χ0v) is 7.18. The summed E-state index contributed by atoms with van der Waals surface area (Å²) in [7, 11) is -5.17. The first-order valence-corrected chi connectivity index (χ1v) is 2.53. The standard InChI is InChI=1S/3Ni.H2O4S.O/c;;;1-5(2,3)4;/h;;;(H2,1,2,3,4);/q;;+2;;/p-2. The molecule has 9 heavy (non-hydrogen) atoms. The van der Waals surface area contributed by atoms with Gasteiger partial charge < -0.3 is 9.11 Å². The molecular weight excluding hydrogens is 288 g/mol. The van der Waals surface area contributed by atoms with E-state index in [0.717, 1.165) is 0 Å². The minimum atomic E-state index is -5.17. The second-order valence-corrected chi connectivity index (χ2v) is 1.22. The van der Waals surface area contributed by atoms with E-state index in [4.69, 9.17) is 21.4 Å². The van der Waals surface area contributed by atoms with E-state index in [-0.39, 0.29) is 33.0 Å². The summed E-state index contributed by atoms with van der Waals surface area (Å²) in [4.78, 5) is 0. The van der Waals surface area contributed by atoms with Crippen molar-refractivity contribution in [1.29, 1.82) is 0 Å². The van der Waals surface area contributed by atoms with Crippen molar-refractivity contribution in [2.75, 3.05) is 0 Å². The summed E-state index contributed by atoms with van der Waals surface area (Å²) in [5.41, 5.74) is 0. The zero-order valence-electron chi connectivity index (χ0n) is 3.40. The fraction of sp³-hybridized carbons (Fsp3) is 0. The molecule has 0 amide bonds. The molecule has 0 N–H and O–H groups in total. The van der Waals surface area contributed by atoms with Crippen LogP contribution in [0.2, 0.25) is 0 Å². The second-order valence-electron chi connectivity index (χ2n) is 0.408. The van der Waals surface area contributed by atoms with Gasteiger partial charge in [0.25, 0.3) is 0 Å². The number of hydrogen-bond donors (Lipinski definition) is 0. The van der Waals surface area contributed by atoms with Crippen molar-refractivity contribution in [1.82, 2.24) is 0 Å². The summed E-state index contributed by atoms with van der Waals surface area (Å²) in [6.07, 6.45) is 0. The van der Waals surface area contributed by atoms with Gasteiger partial charge in [0.15, 0.2) is 0 Å². The van der Waals surface area contributed by atoms with Crippen molar-refractivity contribution >= 4 is 10.4 Å². The zero-order chi connectivity index (χ0) is 6.50. The van der Waals surface area contributed by atoms with Crippen LogP contribution in [-0.2, 0) is 62.7 Å². The molecule has 9 heteroatoms. The Morgan fingerprint density at radius 3 is 1.11 bits per heavy atom. The molecule has 0 unspecified atom stereocenters. The molecule has 0 saturated carbocycles. The Labute approximate surface area is 79.9 Å². The molecule has 0 aliphatic heterocycles. The van der Waals surface area contributed by atoms with Crippen LogP contribution in [0.3, 0.4) is 0 Å². The van der Waals surface area contributed by atoms with Crippen LogP contribution < -0.4 is 0 Å².